The van der Waals surface area contributed by atoms with Gasteiger partial charge >= 0.3 is 0 Å². The molecule has 1 aromatic heterocycles. The number of likely N-dealkylation sites (tertiary alicyclic amines) is 1. The molecule has 2 heterocycles. The number of nitrogens with zero attached hydrogens (tertiary/aromatic N) is 3. The fraction of sp³-hybridized carbons (Fsp3) is 0.833. The van der Waals surface area contributed by atoms with Gasteiger partial charge in [0.1, 0.15) is 0 Å². The molecule has 5 nitrogen and oxygen atoms in total. The predicted octanol–water partition coefficient (Wildman–Crippen LogP) is 1.40. The number of aliphatic hydroxyl groups excluding tert-OH is 1. The van der Waals surface area contributed by atoms with Gasteiger partial charge in [-0.15, -0.1) is 0 Å². The molecule has 17 heavy (non-hydrogen) atoms. The predicted molar refractivity (Wildman–Crippen MR) is 63.5 cm³/mol. The molecular formula is C12H21N3O2. The van der Waals surface area contributed by atoms with E-state index in [0.717, 1.165) is 25.3 Å². The number of aromatic nitrogens is 2. The minimum atomic E-state index is -0.228. The molecule has 2 unspecified atom stereocenters. The van der Waals surface area contributed by atoms with E-state index in [1.165, 1.54) is 0 Å². The summed E-state index contributed by atoms with van der Waals surface area (Å²) in [7, 11) is 0. The smallest absolute Gasteiger partial charge is 0.240 e. The Kier molecular flexibility index (Phi) is 3.79. The third kappa shape index (κ3) is 3.04. The van der Waals surface area contributed by atoms with Crippen LogP contribution in [0.5, 0.6) is 0 Å². The molecule has 5 heteroatoms. The molecule has 1 aliphatic heterocycles. The summed E-state index contributed by atoms with van der Waals surface area (Å²) in [6, 6.07) is 0. The average Bonchev–Trinajstić information content (AvgIpc) is 2.87. The van der Waals surface area contributed by atoms with Crippen LogP contribution in [0.1, 0.15) is 44.8 Å². The van der Waals surface area contributed by atoms with Gasteiger partial charge < -0.3 is 9.63 Å². The van der Waals surface area contributed by atoms with Gasteiger partial charge in [0.25, 0.3) is 0 Å². The quantitative estimate of drug-likeness (QED) is 0.860. The van der Waals surface area contributed by atoms with Crippen molar-refractivity contribution in [1.29, 1.82) is 0 Å². The van der Waals surface area contributed by atoms with Gasteiger partial charge in [-0.2, -0.15) is 4.98 Å². The first-order chi connectivity index (χ1) is 8.06. The normalized spacial score (nSPS) is 23.5. The lowest BCUT2D eigenvalue weighted by Crippen LogP contribution is -2.24. The molecule has 0 spiro atoms. The summed E-state index contributed by atoms with van der Waals surface area (Å²) in [6.07, 6.45) is 0.817. The van der Waals surface area contributed by atoms with Crippen LogP contribution < -0.4 is 0 Å². The van der Waals surface area contributed by atoms with Crippen LogP contribution in [0.25, 0.3) is 0 Å². The molecule has 0 saturated carbocycles. The van der Waals surface area contributed by atoms with Crippen molar-refractivity contribution in [2.45, 2.75) is 45.8 Å². The zero-order valence-corrected chi connectivity index (χ0v) is 10.8. The first-order valence-corrected chi connectivity index (χ1v) is 6.29. The maximum absolute atomic E-state index is 9.53. The van der Waals surface area contributed by atoms with Gasteiger partial charge in [0.15, 0.2) is 5.82 Å². The maximum Gasteiger partial charge on any atom is 0.240 e. The Morgan fingerprint density at radius 3 is 2.76 bits per heavy atom. The molecule has 0 bridgehead atoms. The molecule has 2 atom stereocenters. The van der Waals surface area contributed by atoms with Crippen LogP contribution in [0.15, 0.2) is 4.52 Å². The summed E-state index contributed by atoms with van der Waals surface area (Å²) in [5, 5.41) is 13.5. The second kappa shape index (κ2) is 5.14. The molecule has 0 aromatic carbocycles. The summed E-state index contributed by atoms with van der Waals surface area (Å²) in [5.74, 6) is 2.13. The zero-order valence-electron chi connectivity index (χ0n) is 10.8. The second-order valence-corrected chi connectivity index (χ2v) is 5.23. The lowest BCUT2D eigenvalue weighted by Gasteiger charge is -2.15. The van der Waals surface area contributed by atoms with Gasteiger partial charge in [0.05, 0.1) is 12.6 Å². The van der Waals surface area contributed by atoms with Crippen molar-refractivity contribution in [3.63, 3.8) is 0 Å². The van der Waals surface area contributed by atoms with Crippen molar-refractivity contribution in [2.24, 2.45) is 5.92 Å². The number of aliphatic hydroxyl groups is 1. The number of rotatable bonds is 4. The molecule has 96 valence electrons. The standard InChI is InChI=1S/C12H21N3O2/c1-8(2)12-13-11(17-14-12)7-15-5-4-10(6-15)9(3)16/h8-10,16H,4-7H2,1-3H3. The Labute approximate surface area is 102 Å². The molecule has 1 N–H and O–H groups in total. The molecule has 2 rings (SSSR count). The molecule has 1 aliphatic rings. The Balaban J connectivity index is 1.89. The highest BCUT2D eigenvalue weighted by Crippen LogP contribution is 2.21. The highest BCUT2D eigenvalue weighted by atomic mass is 16.5. The molecule has 1 fully saturated rings. The number of hydrogen-bond acceptors (Lipinski definition) is 5. The maximum atomic E-state index is 9.53. The molecule has 0 amide bonds. The molecule has 0 radical (unpaired) electrons. The first kappa shape index (κ1) is 12.5. The van der Waals surface area contributed by atoms with E-state index in [1.807, 2.05) is 20.8 Å². The van der Waals surface area contributed by atoms with E-state index < -0.39 is 0 Å². The minimum absolute atomic E-state index is 0.228. The van der Waals surface area contributed by atoms with Gasteiger partial charge in [0, 0.05) is 12.5 Å². The molecule has 1 aromatic rings. The lowest BCUT2D eigenvalue weighted by atomic mass is 10.0. The zero-order chi connectivity index (χ0) is 12.4. The Morgan fingerprint density at radius 2 is 2.24 bits per heavy atom. The second-order valence-electron chi connectivity index (χ2n) is 5.23. The van der Waals surface area contributed by atoms with Crippen LogP contribution >= 0.6 is 0 Å². The Hall–Kier alpha value is -0.940. The summed E-state index contributed by atoms with van der Waals surface area (Å²) in [5.41, 5.74) is 0. The molecule has 1 saturated heterocycles. The SMILES string of the molecule is CC(C)c1noc(CN2CCC(C(C)O)C2)n1. The van der Waals surface area contributed by atoms with Crippen molar-refractivity contribution in [2.75, 3.05) is 13.1 Å². The van der Waals surface area contributed by atoms with E-state index in [-0.39, 0.29) is 6.10 Å². The van der Waals surface area contributed by atoms with Crippen molar-refractivity contribution < 1.29 is 9.63 Å². The van der Waals surface area contributed by atoms with Crippen LogP contribution in [0.2, 0.25) is 0 Å². The van der Waals surface area contributed by atoms with Gasteiger partial charge in [-0.05, 0) is 25.8 Å². The average molecular weight is 239 g/mol. The summed E-state index contributed by atoms with van der Waals surface area (Å²) >= 11 is 0. The minimum Gasteiger partial charge on any atom is -0.393 e. The Bertz CT molecular complexity index is 362. The summed E-state index contributed by atoms with van der Waals surface area (Å²) < 4.78 is 5.22. The van der Waals surface area contributed by atoms with E-state index >= 15 is 0 Å². The summed E-state index contributed by atoms with van der Waals surface area (Å²) in [4.78, 5) is 6.62. The van der Waals surface area contributed by atoms with Crippen molar-refractivity contribution in [1.82, 2.24) is 15.0 Å². The van der Waals surface area contributed by atoms with Gasteiger partial charge in [-0.3, -0.25) is 4.90 Å². The first-order valence-electron chi connectivity index (χ1n) is 6.29. The van der Waals surface area contributed by atoms with Crippen LogP contribution in [0.4, 0.5) is 0 Å². The fourth-order valence-electron chi connectivity index (χ4n) is 2.16. The molecule has 0 aliphatic carbocycles. The largest absolute Gasteiger partial charge is 0.393 e. The third-order valence-electron chi connectivity index (χ3n) is 3.35. The van der Waals surface area contributed by atoms with Gasteiger partial charge in [0.2, 0.25) is 5.89 Å². The van der Waals surface area contributed by atoms with E-state index in [1.54, 1.807) is 0 Å². The van der Waals surface area contributed by atoms with Crippen LogP contribution in [0.3, 0.4) is 0 Å². The monoisotopic (exact) mass is 239 g/mol. The topological polar surface area (TPSA) is 62.4 Å². The van der Waals surface area contributed by atoms with E-state index in [4.69, 9.17) is 4.52 Å². The van der Waals surface area contributed by atoms with E-state index in [9.17, 15) is 5.11 Å². The lowest BCUT2D eigenvalue weighted by molar-refractivity contribution is 0.125. The number of hydrogen-bond donors (Lipinski definition) is 1. The third-order valence-corrected chi connectivity index (χ3v) is 3.35. The van der Waals surface area contributed by atoms with E-state index in [2.05, 4.69) is 15.0 Å². The van der Waals surface area contributed by atoms with E-state index in [0.29, 0.717) is 24.3 Å². The summed E-state index contributed by atoms with van der Waals surface area (Å²) in [6.45, 7) is 8.56. The van der Waals surface area contributed by atoms with Crippen molar-refractivity contribution in [3.8, 4) is 0 Å². The van der Waals surface area contributed by atoms with Crippen LogP contribution in [0, 0.1) is 5.92 Å². The van der Waals surface area contributed by atoms with Crippen molar-refractivity contribution >= 4 is 0 Å². The Morgan fingerprint density at radius 1 is 1.47 bits per heavy atom. The van der Waals surface area contributed by atoms with Gasteiger partial charge in [-0.25, -0.2) is 0 Å². The fourth-order valence-corrected chi connectivity index (χ4v) is 2.16. The van der Waals surface area contributed by atoms with Crippen LogP contribution in [-0.4, -0.2) is 39.3 Å². The van der Waals surface area contributed by atoms with Gasteiger partial charge in [-0.1, -0.05) is 19.0 Å². The highest BCUT2D eigenvalue weighted by Gasteiger charge is 2.27. The van der Waals surface area contributed by atoms with Crippen LogP contribution in [-0.2, 0) is 6.54 Å². The highest BCUT2D eigenvalue weighted by molar-refractivity contribution is 4.92. The molecular weight excluding hydrogens is 218 g/mol. The van der Waals surface area contributed by atoms with Crippen molar-refractivity contribution in [3.05, 3.63) is 11.7 Å².